The summed E-state index contributed by atoms with van der Waals surface area (Å²) in [5.74, 6) is -0.995. The predicted molar refractivity (Wildman–Crippen MR) is 76.6 cm³/mol. The molecule has 0 saturated carbocycles. The lowest BCUT2D eigenvalue weighted by molar-refractivity contribution is -0.131. The fourth-order valence-electron chi connectivity index (χ4n) is 1.53. The van der Waals surface area contributed by atoms with Gasteiger partial charge in [-0.15, -0.1) is 0 Å². The van der Waals surface area contributed by atoms with Crippen LogP contribution in [0.3, 0.4) is 0 Å². The van der Waals surface area contributed by atoms with Crippen LogP contribution >= 0.6 is 11.6 Å². The van der Waals surface area contributed by atoms with E-state index >= 15 is 0 Å². The third-order valence-electron chi connectivity index (χ3n) is 2.55. The SMILES string of the molecule is O=C(O)/C=C/c1ccc(OCc2ccc(F)c(Cl)c2)cn1. The molecule has 0 saturated heterocycles. The van der Waals surface area contributed by atoms with Crippen molar-refractivity contribution in [1.82, 2.24) is 4.98 Å². The van der Waals surface area contributed by atoms with E-state index < -0.39 is 11.8 Å². The molecule has 0 fully saturated rings. The van der Waals surface area contributed by atoms with Gasteiger partial charge >= 0.3 is 5.97 Å². The molecule has 0 radical (unpaired) electrons. The van der Waals surface area contributed by atoms with Crippen LogP contribution in [0.25, 0.3) is 6.08 Å². The highest BCUT2D eigenvalue weighted by Gasteiger charge is 2.02. The molecule has 1 aromatic carbocycles. The zero-order chi connectivity index (χ0) is 15.2. The molecule has 21 heavy (non-hydrogen) atoms. The first-order valence-electron chi connectivity index (χ1n) is 5.98. The number of ether oxygens (including phenoxy) is 1. The summed E-state index contributed by atoms with van der Waals surface area (Å²) in [7, 11) is 0. The van der Waals surface area contributed by atoms with E-state index in [9.17, 15) is 9.18 Å². The molecule has 0 aliphatic carbocycles. The van der Waals surface area contributed by atoms with Crippen molar-refractivity contribution in [2.45, 2.75) is 6.61 Å². The molecule has 0 unspecified atom stereocenters. The van der Waals surface area contributed by atoms with Gasteiger partial charge in [0, 0.05) is 6.08 Å². The first-order chi connectivity index (χ1) is 10.0. The maximum Gasteiger partial charge on any atom is 0.328 e. The molecule has 1 N–H and O–H groups in total. The summed E-state index contributed by atoms with van der Waals surface area (Å²) in [6.07, 6.45) is 3.86. The highest BCUT2D eigenvalue weighted by Crippen LogP contribution is 2.18. The Labute approximate surface area is 125 Å². The first kappa shape index (κ1) is 15.0. The lowest BCUT2D eigenvalue weighted by Crippen LogP contribution is -1.96. The Hall–Kier alpha value is -2.40. The minimum atomic E-state index is -1.04. The van der Waals surface area contributed by atoms with Gasteiger partial charge in [0.2, 0.25) is 0 Å². The fourth-order valence-corrected chi connectivity index (χ4v) is 1.73. The number of benzene rings is 1. The molecule has 6 heteroatoms. The molecule has 1 aromatic heterocycles. The average Bonchev–Trinajstić information content (AvgIpc) is 2.47. The van der Waals surface area contributed by atoms with Gasteiger partial charge in [0.1, 0.15) is 18.2 Å². The first-order valence-corrected chi connectivity index (χ1v) is 6.36. The average molecular weight is 308 g/mol. The maximum atomic E-state index is 13.0. The van der Waals surface area contributed by atoms with Gasteiger partial charge in [-0.3, -0.25) is 4.98 Å². The number of aliphatic carboxylic acids is 1. The molecular weight excluding hydrogens is 297 g/mol. The fraction of sp³-hybridized carbons (Fsp3) is 0.0667. The molecule has 0 aliphatic heterocycles. The number of hydrogen-bond acceptors (Lipinski definition) is 3. The van der Waals surface area contributed by atoms with Gasteiger partial charge in [-0.25, -0.2) is 9.18 Å². The number of carbonyl (C=O) groups is 1. The predicted octanol–water partition coefficient (Wildman–Crippen LogP) is 3.55. The van der Waals surface area contributed by atoms with Crippen LogP contribution in [0.1, 0.15) is 11.3 Å². The Morgan fingerprint density at radius 3 is 2.81 bits per heavy atom. The van der Waals surface area contributed by atoms with Crippen LogP contribution in [-0.2, 0) is 11.4 Å². The summed E-state index contributed by atoms with van der Waals surface area (Å²) in [5, 5.41) is 8.55. The van der Waals surface area contributed by atoms with Gasteiger partial charge < -0.3 is 9.84 Å². The van der Waals surface area contributed by atoms with Crippen molar-refractivity contribution in [2.75, 3.05) is 0 Å². The molecule has 0 aliphatic rings. The van der Waals surface area contributed by atoms with Gasteiger partial charge in [0.05, 0.1) is 16.9 Å². The van der Waals surface area contributed by atoms with Crippen molar-refractivity contribution >= 4 is 23.6 Å². The van der Waals surface area contributed by atoms with Crippen molar-refractivity contribution in [3.05, 3.63) is 64.7 Å². The van der Waals surface area contributed by atoms with Crippen LogP contribution in [0.5, 0.6) is 5.75 Å². The van der Waals surface area contributed by atoms with Crippen molar-refractivity contribution in [1.29, 1.82) is 0 Å². The smallest absolute Gasteiger partial charge is 0.328 e. The van der Waals surface area contributed by atoms with E-state index in [1.54, 1.807) is 18.2 Å². The van der Waals surface area contributed by atoms with E-state index in [2.05, 4.69) is 4.98 Å². The van der Waals surface area contributed by atoms with Crippen molar-refractivity contribution in [2.24, 2.45) is 0 Å². The Kier molecular flexibility index (Phi) is 4.90. The number of rotatable bonds is 5. The second-order valence-corrected chi connectivity index (χ2v) is 4.53. The summed E-state index contributed by atoms with van der Waals surface area (Å²) >= 11 is 5.68. The second kappa shape index (κ2) is 6.85. The molecule has 2 aromatic rings. The zero-order valence-corrected chi connectivity index (χ0v) is 11.5. The minimum absolute atomic E-state index is 0.0448. The summed E-state index contributed by atoms with van der Waals surface area (Å²) in [5.41, 5.74) is 1.24. The Morgan fingerprint density at radius 1 is 1.38 bits per heavy atom. The van der Waals surface area contributed by atoms with Crippen molar-refractivity contribution in [3.63, 3.8) is 0 Å². The standard InChI is InChI=1S/C15H11ClFNO3/c16-13-7-10(1-5-14(13)17)9-21-12-4-2-11(18-8-12)3-6-15(19)20/h1-8H,9H2,(H,19,20)/b6-3+. The zero-order valence-electron chi connectivity index (χ0n) is 10.8. The van der Waals surface area contributed by atoms with E-state index in [0.717, 1.165) is 11.6 Å². The van der Waals surface area contributed by atoms with E-state index in [4.69, 9.17) is 21.4 Å². The third-order valence-corrected chi connectivity index (χ3v) is 2.84. The second-order valence-electron chi connectivity index (χ2n) is 4.13. The highest BCUT2D eigenvalue weighted by molar-refractivity contribution is 6.30. The molecule has 2 rings (SSSR count). The van der Waals surface area contributed by atoms with Gasteiger partial charge in [-0.05, 0) is 35.9 Å². The monoisotopic (exact) mass is 307 g/mol. The number of nitrogens with zero attached hydrogens (tertiary/aromatic N) is 1. The van der Waals surface area contributed by atoms with E-state index in [1.807, 2.05) is 0 Å². The number of pyridine rings is 1. The van der Waals surface area contributed by atoms with E-state index in [1.165, 1.54) is 24.4 Å². The topological polar surface area (TPSA) is 59.4 Å². The number of hydrogen-bond donors (Lipinski definition) is 1. The summed E-state index contributed by atoms with van der Waals surface area (Å²) in [6, 6.07) is 7.65. The molecular formula is C15H11ClFNO3. The minimum Gasteiger partial charge on any atom is -0.487 e. The molecule has 0 spiro atoms. The highest BCUT2D eigenvalue weighted by atomic mass is 35.5. The Bertz CT molecular complexity index is 671. The largest absolute Gasteiger partial charge is 0.487 e. The van der Waals surface area contributed by atoms with E-state index in [0.29, 0.717) is 11.4 Å². The number of carboxylic acids is 1. The van der Waals surface area contributed by atoms with Gasteiger partial charge in [0.25, 0.3) is 0 Å². The summed E-state index contributed by atoms with van der Waals surface area (Å²) in [6.45, 7) is 0.228. The van der Waals surface area contributed by atoms with Crippen LogP contribution in [0.4, 0.5) is 4.39 Å². The normalized spacial score (nSPS) is 10.8. The van der Waals surface area contributed by atoms with Crippen LogP contribution < -0.4 is 4.74 Å². The maximum absolute atomic E-state index is 13.0. The van der Waals surface area contributed by atoms with Crippen molar-refractivity contribution in [3.8, 4) is 5.75 Å². The summed E-state index contributed by atoms with van der Waals surface area (Å²) < 4.78 is 18.5. The Morgan fingerprint density at radius 2 is 2.19 bits per heavy atom. The number of halogens is 2. The van der Waals surface area contributed by atoms with Gasteiger partial charge in [-0.1, -0.05) is 17.7 Å². The molecule has 0 atom stereocenters. The lowest BCUT2D eigenvalue weighted by atomic mass is 10.2. The van der Waals surface area contributed by atoms with Crippen LogP contribution in [-0.4, -0.2) is 16.1 Å². The number of carboxylic acid groups (broad SMARTS) is 1. The number of aromatic nitrogens is 1. The molecule has 108 valence electrons. The molecule has 0 bridgehead atoms. The van der Waals surface area contributed by atoms with Crippen LogP contribution in [0, 0.1) is 5.82 Å². The van der Waals surface area contributed by atoms with Crippen LogP contribution in [0.15, 0.2) is 42.6 Å². The molecule has 4 nitrogen and oxygen atoms in total. The molecule has 0 amide bonds. The Balaban J connectivity index is 1.97. The van der Waals surface area contributed by atoms with Crippen LogP contribution in [0.2, 0.25) is 5.02 Å². The third kappa shape index (κ3) is 4.57. The molecule has 1 heterocycles. The van der Waals surface area contributed by atoms with Crippen molar-refractivity contribution < 1.29 is 19.0 Å². The van der Waals surface area contributed by atoms with Gasteiger partial charge in [-0.2, -0.15) is 0 Å². The summed E-state index contributed by atoms with van der Waals surface area (Å²) in [4.78, 5) is 14.4. The lowest BCUT2D eigenvalue weighted by Gasteiger charge is -2.06. The van der Waals surface area contributed by atoms with Gasteiger partial charge in [0.15, 0.2) is 0 Å². The quantitative estimate of drug-likeness (QED) is 0.858. The van der Waals surface area contributed by atoms with E-state index in [-0.39, 0.29) is 11.6 Å².